The van der Waals surface area contributed by atoms with E-state index in [4.69, 9.17) is 9.52 Å². The van der Waals surface area contributed by atoms with E-state index in [-0.39, 0.29) is 24.0 Å². The van der Waals surface area contributed by atoms with Gasteiger partial charge in [-0.1, -0.05) is 44.1 Å². The molecular formula is C20H31IN4OS. The van der Waals surface area contributed by atoms with Crippen LogP contribution in [0.3, 0.4) is 0 Å². The molecule has 0 amide bonds. The van der Waals surface area contributed by atoms with Crippen molar-refractivity contribution in [2.45, 2.75) is 57.2 Å². The van der Waals surface area contributed by atoms with E-state index in [0.29, 0.717) is 11.8 Å². The van der Waals surface area contributed by atoms with Crippen molar-refractivity contribution in [3.05, 3.63) is 47.3 Å². The molecule has 0 aliphatic rings. The highest BCUT2D eigenvalue weighted by Crippen LogP contribution is 2.22. The van der Waals surface area contributed by atoms with Gasteiger partial charge in [0.1, 0.15) is 5.76 Å². The lowest BCUT2D eigenvalue weighted by Gasteiger charge is -2.15. The number of guanidine groups is 1. The Bertz CT molecular complexity index is 669. The van der Waals surface area contributed by atoms with Gasteiger partial charge >= 0.3 is 0 Å². The van der Waals surface area contributed by atoms with E-state index in [2.05, 4.69) is 67.8 Å². The van der Waals surface area contributed by atoms with Gasteiger partial charge in [0.2, 0.25) is 0 Å². The topological polar surface area (TPSA) is 62.5 Å². The highest BCUT2D eigenvalue weighted by atomic mass is 127. The number of rotatable bonds is 9. The smallest absolute Gasteiger partial charge is 0.191 e. The fourth-order valence-corrected chi connectivity index (χ4v) is 3.58. The Hall–Kier alpha value is -1.22. The summed E-state index contributed by atoms with van der Waals surface area (Å²) in [5, 5.41) is 11.4. The van der Waals surface area contributed by atoms with E-state index in [1.54, 1.807) is 0 Å². The Balaban J connectivity index is 0.00000364. The molecule has 0 saturated carbocycles. The van der Waals surface area contributed by atoms with Crippen molar-refractivity contribution < 1.29 is 4.52 Å². The maximum Gasteiger partial charge on any atom is 0.191 e. The van der Waals surface area contributed by atoms with Crippen LogP contribution in [0.15, 0.2) is 44.7 Å². The number of nitrogens with one attached hydrogen (secondary N) is 2. The number of benzene rings is 1. The number of hydrogen-bond acceptors (Lipinski definition) is 4. The van der Waals surface area contributed by atoms with Crippen molar-refractivity contribution >= 4 is 41.7 Å². The molecule has 1 unspecified atom stereocenters. The van der Waals surface area contributed by atoms with Gasteiger partial charge in [-0.05, 0) is 25.5 Å². The van der Waals surface area contributed by atoms with Crippen LogP contribution in [0.1, 0.15) is 44.7 Å². The van der Waals surface area contributed by atoms with Gasteiger partial charge in [0.15, 0.2) is 5.96 Å². The molecule has 0 saturated heterocycles. The Morgan fingerprint density at radius 3 is 2.52 bits per heavy atom. The van der Waals surface area contributed by atoms with Gasteiger partial charge in [0.25, 0.3) is 0 Å². The summed E-state index contributed by atoms with van der Waals surface area (Å²) in [6.07, 6.45) is 1.70. The number of thioether (sulfide) groups is 1. The third-order valence-electron chi connectivity index (χ3n) is 3.98. The first kappa shape index (κ1) is 23.8. The molecule has 7 heteroatoms. The summed E-state index contributed by atoms with van der Waals surface area (Å²) in [5.74, 6) is 1.77. The molecule has 1 aromatic carbocycles. The van der Waals surface area contributed by atoms with Crippen molar-refractivity contribution in [1.29, 1.82) is 0 Å². The average Bonchev–Trinajstić information content (AvgIpc) is 3.06. The maximum atomic E-state index is 5.43. The van der Waals surface area contributed by atoms with Crippen LogP contribution >= 0.6 is 35.7 Å². The van der Waals surface area contributed by atoms with E-state index in [0.717, 1.165) is 48.9 Å². The third kappa shape index (κ3) is 7.73. The Morgan fingerprint density at radius 2 is 1.89 bits per heavy atom. The van der Waals surface area contributed by atoms with Crippen LogP contribution in [-0.2, 0) is 19.4 Å². The lowest BCUT2D eigenvalue weighted by molar-refractivity contribution is 0.380. The molecule has 2 aromatic rings. The molecule has 0 radical (unpaired) electrons. The van der Waals surface area contributed by atoms with Gasteiger partial charge in [-0.2, -0.15) is 0 Å². The summed E-state index contributed by atoms with van der Waals surface area (Å²) in [6.45, 7) is 10.7. The minimum Gasteiger partial charge on any atom is -0.361 e. The highest BCUT2D eigenvalue weighted by Gasteiger charge is 2.13. The van der Waals surface area contributed by atoms with Crippen molar-refractivity contribution in [3.63, 3.8) is 0 Å². The van der Waals surface area contributed by atoms with Crippen molar-refractivity contribution in [2.24, 2.45) is 4.99 Å². The zero-order valence-corrected chi connectivity index (χ0v) is 19.8. The normalized spacial score (nSPS) is 12.4. The zero-order valence-electron chi connectivity index (χ0n) is 16.6. The van der Waals surface area contributed by atoms with E-state index in [9.17, 15) is 0 Å². The summed E-state index contributed by atoms with van der Waals surface area (Å²) in [4.78, 5) is 6.02. The second kappa shape index (κ2) is 13.0. The standard InChI is InChI=1S/C20H30N4OS.HI/c1-5-18-17(19(6-2)25-24-18)14-23-20(21-7-3)22-13-15(4)26-16-11-9-8-10-12-16;/h8-12,15H,5-7,13-14H2,1-4H3,(H2,21,22,23);1H. The molecule has 2 rings (SSSR count). The third-order valence-corrected chi connectivity index (χ3v) is 5.10. The second-order valence-electron chi connectivity index (χ2n) is 6.06. The van der Waals surface area contributed by atoms with Crippen LogP contribution in [0, 0.1) is 0 Å². The monoisotopic (exact) mass is 502 g/mol. The molecule has 27 heavy (non-hydrogen) atoms. The highest BCUT2D eigenvalue weighted by molar-refractivity contribution is 14.0. The number of hydrogen-bond donors (Lipinski definition) is 2. The quantitative estimate of drug-likeness (QED) is 0.226. The van der Waals surface area contributed by atoms with E-state index >= 15 is 0 Å². The Morgan fingerprint density at radius 1 is 1.15 bits per heavy atom. The zero-order chi connectivity index (χ0) is 18.8. The minimum absolute atomic E-state index is 0. The maximum absolute atomic E-state index is 5.43. The van der Waals surface area contributed by atoms with E-state index in [1.165, 1.54) is 4.90 Å². The number of aryl methyl sites for hydroxylation is 2. The molecule has 0 aliphatic carbocycles. The van der Waals surface area contributed by atoms with Crippen LogP contribution in [0.25, 0.3) is 0 Å². The van der Waals surface area contributed by atoms with Gasteiger partial charge in [-0.3, -0.25) is 0 Å². The van der Waals surface area contributed by atoms with Gasteiger partial charge < -0.3 is 15.2 Å². The first-order valence-corrected chi connectivity index (χ1v) is 10.3. The molecule has 1 atom stereocenters. The van der Waals surface area contributed by atoms with E-state index in [1.807, 2.05) is 17.8 Å². The van der Waals surface area contributed by atoms with Crippen LogP contribution in [-0.4, -0.2) is 29.5 Å². The van der Waals surface area contributed by atoms with Crippen LogP contribution in [0.5, 0.6) is 0 Å². The average molecular weight is 502 g/mol. The summed E-state index contributed by atoms with van der Waals surface area (Å²) in [5.41, 5.74) is 2.13. The molecule has 0 bridgehead atoms. The first-order valence-electron chi connectivity index (χ1n) is 9.38. The molecule has 1 aromatic heterocycles. The van der Waals surface area contributed by atoms with Crippen molar-refractivity contribution in [1.82, 2.24) is 15.8 Å². The van der Waals surface area contributed by atoms with Crippen molar-refractivity contribution in [2.75, 3.05) is 13.1 Å². The summed E-state index contributed by atoms with van der Waals surface area (Å²) >= 11 is 1.86. The molecule has 2 N–H and O–H groups in total. The Labute approximate surface area is 184 Å². The number of aromatic nitrogens is 1. The summed E-state index contributed by atoms with van der Waals surface area (Å²) in [6, 6.07) is 10.5. The van der Waals surface area contributed by atoms with Gasteiger partial charge in [0, 0.05) is 35.2 Å². The van der Waals surface area contributed by atoms with Crippen molar-refractivity contribution in [3.8, 4) is 0 Å². The van der Waals surface area contributed by atoms with Gasteiger partial charge in [-0.25, -0.2) is 4.99 Å². The molecule has 0 spiro atoms. The largest absolute Gasteiger partial charge is 0.361 e. The lowest BCUT2D eigenvalue weighted by Crippen LogP contribution is -2.40. The lowest BCUT2D eigenvalue weighted by atomic mass is 10.1. The SMILES string of the molecule is CCNC(=NCc1c(CC)noc1CC)NCC(C)Sc1ccccc1.I. The fourth-order valence-electron chi connectivity index (χ4n) is 2.63. The molecule has 150 valence electrons. The predicted molar refractivity (Wildman–Crippen MR) is 125 cm³/mol. The molecule has 1 heterocycles. The minimum atomic E-state index is 0. The molecule has 5 nitrogen and oxygen atoms in total. The molecule has 0 fully saturated rings. The number of aliphatic imine (C=N–C) groups is 1. The predicted octanol–water partition coefficient (Wildman–Crippen LogP) is 4.65. The number of nitrogens with zero attached hydrogens (tertiary/aromatic N) is 2. The first-order chi connectivity index (χ1) is 12.7. The summed E-state index contributed by atoms with van der Waals surface area (Å²) < 4.78 is 5.43. The van der Waals surface area contributed by atoms with Crippen LogP contribution in [0.4, 0.5) is 0 Å². The van der Waals surface area contributed by atoms with E-state index < -0.39 is 0 Å². The number of halogens is 1. The fraction of sp³-hybridized carbons (Fsp3) is 0.500. The van der Waals surface area contributed by atoms with Crippen LogP contribution < -0.4 is 10.6 Å². The molecule has 0 aliphatic heterocycles. The summed E-state index contributed by atoms with van der Waals surface area (Å²) in [7, 11) is 0. The van der Waals surface area contributed by atoms with Gasteiger partial charge in [-0.15, -0.1) is 35.7 Å². The molecular weight excluding hydrogens is 471 g/mol. The van der Waals surface area contributed by atoms with Crippen LogP contribution in [0.2, 0.25) is 0 Å². The Kier molecular flexibility index (Phi) is 11.5. The van der Waals surface area contributed by atoms with Gasteiger partial charge in [0.05, 0.1) is 12.2 Å². The second-order valence-corrected chi connectivity index (χ2v) is 7.57.